The predicted octanol–water partition coefficient (Wildman–Crippen LogP) is 2.86. The first-order chi connectivity index (χ1) is 12.3. The Labute approximate surface area is 156 Å². The summed E-state index contributed by atoms with van der Waals surface area (Å²) in [5.41, 5.74) is 1.86. The first-order valence-corrected chi connectivity index (χ1v) is 8.91. The third kappa shape index (κ3) is 3.31. The molecule has 3 rings (SSSR count). The minimum Gasteiger partial charge on any atom is -0.481 e. The smallest absolute Gasteiger partial charge is 0.308 e. The van der Waals surface area contributed by atoms with E-state index < -0.39 is 17.9 Å². The van der Waals surface area contributed by atoms with Crippen LogP contribution in [0.5, 0.6) is 0 Å². The molecular formula is C18H21ClN4O3. The maximum atomic E-state index is 13.0. The fraction of sp³-hybridized carbons (Fsp3) is 0.444. The number of carbonyl (C=O) groups is 2. The van der Waals surface area contributed by atoms with Gasteiger partial charge in [-0.25, -0.2) is 9.67 Å². The Balaban J connectivity index is 1.95. The molecule has 2 aromatic rings. The number of nitrogens with zero attached hydrogens (tertiary/aromatic N) is 4. The number of piperidine rings is 1. The van der Waals surface area contributed by atoms with Crippen LogP contribution in [0.2, 0.25) is 5.02 Å². The molecule has 1 aliphatic heterocycles. The van der Waals surface area contributed by atoms with Crippen LogP contribution in [-0.2, 0) is 4.79 Å². The van der Waals surface area contributed by atoms with Gasteiger partial charge < -0.3 is 10.0 Å². The first-order valence-electron chi connectivity index (χ1n) is 8.53. The van der Waals surface area contributed by atoms with Crippen LogP contribution in [0.25, 0.3) is 5.82 Å². The van der Waals surface area contributed by atoms with Crippen LogP contribution in [0.15, 0.2) is 18.2 Å². The number of aryl methyl sites for hydroxylation is 2. The number of hydrogen-bond donors (Lipinski definition) is 1. The van der Waals surface area contributed by atoms with Gasteiger partial charge in [0.1, 0.15) is 5.69 Å². The summed E-state index contributed by atoms with van der Waals surface area (Å²) >= 11 is 6.23. The fourth-order valence-corrected chi connectivity index (χ4v) is 3.64. The molecule has 7 nitrogen and oxygen atoms in total. The van der Waals surface area contributed by atoms with Crippen molar-refractivity contribution in [1.82, 2.24) is 19.7 Å². The fourth-order valence-electron chi connectivity index (χ4n) is 3.46. The maximum Gasteiger partial charge on any atom is 0.308 e. The number of pyridine rings is 1. The van der Waals surface area contributed by atoms with Gasteiger partial charge >= 0.3 is 5.97 Å². The summed E-state index contributed by atoms with van der Waals surface area (Å²) in [6.45, 7) is 6.04. The van der Waals surface area contributed by atoms with Crippen molar-refractivity contribution in [3.8, 4) is 5.82 Å². The third-order valence-corrected chi connectivity index (χ3v) is 5.13. The van der Waals surface area contributed by atoms with E-state index in [1.165, 1.54) is 0 Å². The standard InChI is InChI=1S/C18H21ClN4O3/c1-10-9-11(2)23(21-10)15-7-6-14(19)16(20-15)17(24)22-8-4-5-13(12(22)3)18(25)26/h6-7,9,12-13H,4-5,8H2,1-3H3,(H,25,26)/t12-,13-/m1/s1. The monoisotopic (exact) mass is 376 g/mol. The molecule has 1 amide bonds. The Morgan fingerprint density at radius 3 is 2.65 bits per heavy atom. The molecule has 1 N–H and O–H groups in total. The molecule has 138 valence electrons. The molecule has 1 saturated heterocycles. The summed E-state index contributed by atoms with van der Waals surface area (Å²) in [7, 11) is 0. The van der Waals surface area contributed by atoms with Crippen molar-refractivity contribution >= 4 is 23.5 Å². The molecule has 2 aromatic heterocycles. The summed E-state index contributed by atoms with van der Waals surface area (Å²) in [4.78, 5) is 30.4. The number of hydrogen-bond acceptors (Lipinski definition) is 4. The van der Waals surface area contributed by atoms with E-state index in [2.05, 4.69) is 10.1 Å². The highest BCUT2D eigenvalue weighted by atomic mass is 35.5. The highest BCUT2D eigenvalue weighted by Gasteiger charge is 2.36. The molecule has 1 fully saturated rings. The predicted molar refractivity (Wildman–Crippen MR) is 96.7 cm³/mol. The van der Waals surface area contributed by atoms with E-state index in [1.807, 2.05) is 19.9 Å². The summed E-state index contributed by atoms with van der Waals surface area (Å²) < 4.78 is 1.65. The zero-order valence-corrected chi connectivity index (χ0v) is 15.7. The lowest BCUT2D eigenvalue weighted by atomic mass is 9.90. The Morgan fingerprint density at radius 1 is 1.31 bits per heavy atom. The van der Waals surface area contributed by atoms with E-state index in [0.717, 1.165) is 11.4 Å². The van der Waals surface area contributed by atoms with Gasteiger partial charge in [-0.1, -0.05) is 11.6 Å². The number of aromatic nitrogens is 3. The van der Waals surface area contributed by atoms with Crippen LogP contribution >= 0.6 is 11.6 Å². The van der Waals surface area contributed by atoms with E-state index >= 15 is 0 Å². The lowest BCUT2D eigenvalue weighted by Gasteiger charge is -2.37. The number of likely N-dealkylation sites (tertiary alicyclic amines) is 1. The number of amides is 1. The molecule has 2 atom stereocenters. The van der Waals surface area contributed by atoms with Gasteiger partial charge in [-0.3, -0.25) is 9.59 Å². The normalized spacial score (nSPS) is 20.2. The molecule has 0 aromatic carbocycles. The summed E-state index contributed by atoms with van der Waals surface area (Å²) in [5, 5.41) is 14.0. The summed E-state index contributed by atoms with van der Waals surface area (Å²) in [6.07, 6.45) is 1.20. The van der Waals surface area contributed by atoms with Gasteiger partial charge in [0.05, 0.1) is 16.6 Å². The van der Waals surface area contributed by atoms with Crippen LogP contribution in [0.1, 0.15) is 41.6 Å². The molecule has 3 heterocycles. The molecule has 0 saturated carbocycles. The summed E-state index contributed by atoms with van der Waals surface area (Å²) in [5.74, 6) is -1.31. The van der Waals surface area contributed by atoms with Crippen molar-refractivity contribution in [2.45, 2.75) is 39.7 Å². The second-order valence-electron chi connectivity index (χ2n) is 6.66. The number of carboxylic acid groups (broad SMARTS) is 1. The van der Waals surface area contributed by atoms with E-state index in [1.54, 1.807) is 28.6 Å². The number of carboxylic acids is 1. The molecule has 8 heteroatoms. The molecule has 1 aliphatic rings. The molecule has 0 aliphatic carbocycles. The number of halogens is 1. The zero-order valence-electron chi connectivity index (χ0n) is 14.9. The van der Waals surface area contributed by atoms with E-state index in [9.17, 15) is 14.7 Å². The minimum atomic E-state index is -0.884. The quantitative estimate of drug-likeness (QED) is 0.889. The Hall–Kier alpha value is -2.41. The van der Waals surface area contributed by atoms with Gasteiger partial charge in [0, 0.05) is 18.3 Å². The van der Waals surface area contributed by atoms with Crippen molar-refractivity contribution in [3.63, 3.8) is 0 Å². The summed E-state index contributed by atoms with van der Waals surface area (Å²) in [6, 6.07) is 4.83. The van der Waals surface area contributed by atoms with Crippen molar-refractivity contribution in [2.24, 2.45) is 5.92 Å². The molecule has 0 spiro atoms. The van der Waals surface area contributed by atoms with Crippen LogP contribution in [0.3, 0.4) is 0 Å². The van der Waals surface area contributed by atoms with Crippen molar-refractivity contribution in [1.29, 1.82) is 0 Å². The van der Waals surface area contributed by atoms with Crippen LogP contribution < -0.4 is 0 Å². The topological polar surface area (TPSA) is 88.3 Å². The van der Waals surface area contributed by atoms with Crippen LogP contribution in [-0.4, -0.2) is 49.2 Å². The second kappa shape index (κ2) is 7.07. The van der Waals surface area contributed by atoms with Crippen LogP contribution in [0.4, 0.5) is 0 Å². The van der Waals surface area contributed by atoms with Crippen LogP contribution in [0, 0.1) is 19.8 Å². The van der Waals surface area contributed by atoms with Gasteiger partial charge in [0.2, 0.25) is 0 Å². The maximum absolute atomic E-state index is 13.0. The van der Waals surface area contributed by atoms with Crippen molar-refractivity contribution < 1.29 is 14.7 Å². The van der Waals surface area contributed by atoms with Crippen molar-refractivity contribution in [3.05, 3.63) is 40.3 Å². The number of carbonyl (C=O) groups excluding carboxylic acids is 1. The number of rotatable bonds is 3. The molecule has 0 radical (unpaired) electrons. The Bertz CT molecular complexity index is 864. The van der Waals surface area contributed by atoms with Crippen molar-refractivity contribution in [2.75, 3.05) is 6.54 Å². The SMILES string of the molecule is Cc1cc(C)n(-c2ccc(Cl)c(C(=O)N3CCC[C@@H](C(=O)O)[C@H]3C)n2)n1. The van der Waals surface area contributed by atoms with E-state index in [0.29, 0.717) is 25.2 Å². The first kappa shape index (κ1) is 18.4. The second-order valence-corrected chi connectivity index (χ2v) is 7.07. The highest BCUT2D eigenvalue weighted by Crippen LogP contribution is 2.27. The lowest BCUT2D eigenvalue weighted by molar-refractivity contribution is -0.144. The highest BCUT2D eigenvalue weighted by molar-refractivity contribution is 6.33. The van der Waals surface area contributed by atoms with Gasteiger partial charge in [-0.05, 0) is 51.8 Å². The van der Waals surface area contributed by atoms with Gasteiger partial charge in [0.25, 0.3) is 5.91 Å². The number of aliphatic carboxylic acids is 1. The average Bonchev–Trinajstić information content (AvgIpc) is 2.93. The molecule has 0 bridgehead atoms. The van der Waals surface area contributed by atoms with E-state index in [4.69, 9.17) is 11.6 Å². The minimum absolute atomic E-state index is 0.120. The Kier molecular flexibility index (Phi) is 5.00. The van der Waals surface area contributed by atoms with Gasteiger partial charge in [-0.15, -0.1) is 0 Å². The largest absolute Gasteiger partial charge is 0.481 e. The Morgan fingerprint density at radius 2 is 2.04 bits per heavy atom. The van der Waals surface area contributed by atoms with E-state index in [-0.39, 0.29) is 16.6 Å². The van der Waals surface area contributed by atoms with Gasteiger partial charge in [-0.2, -0.15) is 5.10 Å². The molecular weight excluding hydrogens is 356 g/mol. The zero-order chi connectivity index (χ0) is 19.0. The lowest BCUT2D eigenvalue weighted by Crippen LogP contribution is -2.49. The average molecular weight is 377 g/mol. The third-order valence-electron chi connectivity index (χ3n) is 4.83. The molecule has 0 unspecified atom stereocenters. The molecule has 26 heavy (non-hydrogen) atoms. The van der Waals surface area contributed by atoms with Gasteiger partial charge in [0.15, 0.2) is 5.82 Å².